The van der Waals surface area contributed by atoms with Crippen LogP contribution < -0.4 is 10.9 Å². The summed E-state index contributed by atoms with van der Waals surface area (Å²) in [6, 6.07) is 0. The van der Waals surface area contributed by atoms with E-state index < -0.39 is 16.5 Å². The van der Waals surface area contributed by atoms with Crippen LogP contribution in [-0.4, -0.2) is 14.1 Å². The molecule has 0 bridgehead atoms. The van der Waals surface area contributed by atoms with Gasteiger partial charge in [-0.1, -0.05) is 0 Å². The van der Waals surface area contributed by atoms with Gasteiger partial charge in [-0.25, -0.2) is 0 Å². The van der Waals surface area contributed by atoms with Crippen molar-refractivity contribution in [3.8, 4) is 0 Å². The third kappa shape index (κ3) is 115. The first-order valence-corrected chi connectivity index (χ1v) is 7.62. The first-order chi connectivity index (χ1) is 4.33. The van der Waals surface area contributed by atoms with Gasteiger partial charge in [-0.15, -0.1) is 13.2 Å². The molecular formula is C4H12Cl2N2Pt. The van der Waals surface area contributed by atoms with Crippen LogP contribution in [0.2, 0.25) is 0 Å². The van der Waals surface area contributed by atoms with Gasteiger partial charge in [0.15, 0.2) is 0 Å². The van der Waals surface area contributed by atoms with Crippen LogP contribution in [0.4, 0.5) is 0 Å². The Morgan fingerprint density at radius 2 is 1.22 bits per heavy atom. The van der Waals surface area contributed by atoms with Crippen molar-refractivity contribution in [1.29, 1.82) is 0 Å². The maximum atomic E-state index is 4.88. The van der Waals surface area contributed by atoms with Crippen LogP contribution in [0.1, 0.15) is 0 Å². The second-order valence-corrected chi connectivity index (χ2v) is 3.83. The van der Waals surface area contributed by atoms with Crippen molar-refractivity contribution >= 4 is 18.8 Å². The van der Waals surface area contributed by atoms with Gasteiger partial charge in [-0.3, -0.25) is 10.9 Å². The predicted molar refractivity (Wildman–Crippen MR) is 41.1 cm³/mol. The first kappa shape index (κ1) is 16.5. The fraction of sp³-hybridized carbons (Fsp3) is 0.500. The molecule has 0 fully saturated rings. The van der Waals surface area contributed by atoms with Crippen molar-refractivity contribution in [3.63, 3.8) is 0 Å². The van der Waals surface area contributed by atoms with Crippen molar-refractivity contribution < 1.29 is 16.5 Å². The summed E-state index contributed by atoms with van der Waals surface area (Å²) in [6.45, 7) is 6.00. The third-order valence-electron chi connectivity index (χ3n) is 0.250. The first-order valence-electron chi connectivity index (χ1n) is 1.99. The van der Waals surface area contributed by atoms with Crippen molar-refractivity contribution in [2.24, 2.45) is 0 Å². The molecule has 2 nitrogen and oxygen atoms in total. The summed E-state index contributed by atoms with van der Waals surface area (Å²) in [7, 11) is 13.4. The van der Waals surface area contributed by atoms with Gasteiger partial charge >= 0.3 is 35.3 Å². The van der Waals surface area contributed by atoms with E-state index in [0.717, 1.165) is 0 Å². The molecule has 0 spiro atoms. The maximum absolute atomic E-state index is 4.88. The minimum atomic E-state index is -0.472. The molecule has 0 aliphatic heterocycles. The molecule has 5 heteroatoms. The van der Waals surface area contributed by atoms with E-state index in [2.05, 4.69) is 24.0 Å². The molecule has 9 heavy (non-hydrogen) atoms. The Morgan fingerprint density at radius 1 is 1.11 bits per heavy atom. The summed E-state index contributed by atoms with van der Waals surface area (Å²) in [6.07, 6.45) is 0. The Labute approximate surface area is 73.4 Å². The van der Waals surface area contributed by atoms with Gasteiger partial charge in [0, 0.05) is 0 Å². The zero-order chi connectivity index (χ0) is 8.12. The third-order valence-corrected chi connectivity index (χ3v) is 0.250. The fourth-order valence-corrected chi connectivity index (χ4v) is 0. The molecule has 0 amide bonds. The molecule has 0 saturated carbocycles. The number of hydrogen-bond acceptors (Lipinski definition) is 2. The standard InChI is InChI=1S/C2H8N2.C2H4.2ClH.Pt/c1-3-4-2;1-2;;;/h3-4H,1-2H3;1-2H2;2*1H;/q;;;;+2/p-2. The van der Waals surface area contributed by atoms with E-state index in [1.807, 2.05) is 14.1 Å². The van der Waals surface area contributed by atoms with Crippen LogP contribution in [0.25, 0.3) is 0 Å². The Balaban J connectivity index is -0.0000000646. The normalized spacial score (nSPS) is 6.22. The van der Waals surface area contributed by atoms with E-state index in [-0.39, 0.29) is 0 Å². The van der Waals surface area contributed by atoms with E-state index in [1.54, 1.807) is 0 Å². The molecule has 0 aromatic heterocycles. The van der Waals surface area contributed by atoms with E-state index in [0.29, 0.717) is 0 Å². The van der Waals surface area contributed by atoms with Gasteiger partial charge in [-0.05, 0) is 14.1 Å². The molecule has 0 heterocycles. The summed E-state index contributed by atoms with van der Waals surface area (Å²) < 4.78 is 0. The molecule has 0 aliphatic rings. The number of hydrazine groups is 1. The number of nitrogens with one attached hydrogen (secondary N) is 2. The van der Waals surface area contributed by atoms with Crippen molar-refractivity contribution in [2.45, 2.75) is 0 Å². The summed E-state index contributed by atoms with van der Waals surface area (Å²) in [5, 5.41) is 0. The molecule has 0 radical (unpaired) electrons. The molecule has 0 aromatic carbocycles. The van der Waals surface area contributed by atoms with Crippen LogP contribution in [0.5, 0.6) is 0 Å². The summed E-state index contributed by atoms with van der Waals surface area (Å²) >= 11 is -0.472. The molecule has 0 aliphatic carbocycles. The van der Waals surface area contributed by atoms with E-state index in [4.69, 9.17) is 18.8 Å². The van der Waals surface area contributed by atoms with Gasteiger partial charge in [0.1, 0.15) is 0 Å². The zero-order valence-corrected chi connectivity index (χ0v) is 9.27. The molecule has 0 saturated heterocycles. The fourth-order valence-electron chi connectivity index (χ4n) is 0. The van der Waals surface area contributed by atoms with Crippen LogP contribution in [0.3, 0.4) is 0 Å². The summed E-state index contributed by atoms with van der Waals surface area (Å²) in [5.41, 5.74) is 5.36. The zero-order valence-electron chi connectivity index (χ0n) is 5.49. The van der Waals surface area contributed by atoms with Crippen LogP contribution in [0, 0.1) is 0 Å². The average molecular weight is 354 g/mol. The van der Waals surface area contributed by atoms with Crippen molar-refractivity contribution in [1.82, 2.24) is 10.9 Å². The molecule has 62 valence electrons. The Kier molecular flexibility index (Phi) is 66.6. The van der Waals surface area contributed by atoms with E-state index in [9.17, 15) is 0 Å². The van der Waals surface area contributed by atoms with Gasteiger partial charge in [-0.2, -0.15) is 0 Å². The molecule has 0 atom stereocenters. The SMILES string of the molecule is C=C.CNNC.[Cl][Pt][Cl]. The molecule has 0 aromatic rings. The van der Waals surface area contributed by atoms with Crippen LogP contribution >= 0.6 is 18.8 Å². The topological polar surface area (TPSA) is 24.1 Å². The van der Waals surface area contributed by atoms with Crippen LogP contribution in [0.15, 0.2) is 13.2 Å². The van der Waals surface area contributed by atoms with E-state index in [1.165, 1.54) is 0 Å². The Morgan fingerprint density at radius 3 is 1.22 bits per heavy atom. The van der Waals surface area contributed by atoms with Gasteiger partial charge in [0.25, 0.3) is 0 Å². The number of hydrogen-bond donors (Lipinski definition) is 2. The second kappa shape index (κ2) is 36.4. The number of rotatable bonds is 1. The van der Waals surface area contributed by atoms with Crippen LogP contribution in [-0.2, 0) is 16.5 Å². The predicted octanol–water partition coefficient (Wildman–Crippen LogP) is 1.52. The second-order valence-electron chi connectivity index (χ2n) is 0.545. The van der Waals surface area contributed by atoms with Gasteiger partial charge in [0.05, 0.1) is 0 Å². The summed E-state index contributed by atoms with van der Waals surface area (Å²) in [5.74, 6) is 0. The average Bonchev–Trinajstić information content (AvgIpc) is 1.94. The monoisotopic (exact) mass is 353 g/mol. The van der Waals surface area contributed by atoms with Gasteiger partial charge < -0.3 is 0 Å². The van der Waals surface area contributed by atoms with Gasteiger partial charge in [0.2, 0.25) is 0 Å². The number of halogens is 2. The van der Waals surface area contributed by atoms with Crippen molar-refractivity contribution in [2.75, 3.05) is 14.1 Å². The Bertz CT molecular complexity index is 30.5. The molecular weight excluding hydrogens is 342 g/mol. The molecule has 0 unspecified atom stereocenters. The molecule has 2 N–H and O–H groups in total. The molecule has 0 rings (SSSR count). The Hall–Kier alpha value is 0.928. The van der Waals surface area contributed by atoms with E-state index >= 15 is 0 Å². The summed E-state index contributed by atoms with van der Waals surface area (Å²) in [4.78, 5) is 0. The quantitative estimate of drug-likeness (QED) is 0.551. The minimum absolute atomic E-state index is 0.472. The van der Waals surface area contributed by atoms with Crippen molar-refractivity contribution in [3.05, 3.63) is 13.2 Å².